The van der Waals surface area contributed by atoms with E-state index in [-0.39, 0.29) is 5.97 Å². The van der Waals surface area contributed by atoms with Gasteiger partial charge in [0.25, 0.3) is 0 Å². The first-order chi connectivity index (χ1) is 6.77. The van der Waals surface area contributed by atoms with E-state index < -0.39 is 0 Å². The zero-order valence-corrected chi connectivity index (χ0v) is 9.38. The second kappa shape index (κ2) is 10.5. The maximum Gasteiger partial charge on any atom is 0.302 e. The molecule has 0 saturated heterocycles. The number of esters is 1. The molecule has 0 bridgehead atoms. The number of methoxy groups -OCH3 is 1. The monoisotopic (exact) mass is 202 g/mol. The van der Waals surface area contributed by atoms with Gasteiger partial charge in [-0.3, -0.25) is 4.79 Å². The molecule has 0 aliphatic carbocycles. The Morgan fingerprint density at radius 1 is 0.929 bits per heavy atom. The Balaban J connectivity index is 2.88. The Kier molecular flexibility index (Phi) is 10.1. The normalized spacial score (nSPS) is 10.1. The molecule has 84 valence electrons. The quantitative estimate of drug-likeness (QED) is 0.426. The first kappa shape index (κ1) is 13.4. The first-order valence-electron chi connectivity index (χ1n) is 5.39. The summed E-state index contributed by atoms with van der Waals surface area (Å²) >= 11 is 0. The fourth-order valence-electron chi connectivity index (χ4n) is 1.27. The highest BCUT2D eigenvalue weighted by molar-refractivity contribution is 5.65. The van der Waals surface area contributed by atoms with Gasteiger partial charge < -0.3 is 9.47 Å². The molecule has 0 amide bonds. The van der Waals surface area contributed by atoms with Crippen molar-refractivity contribution in [3.05, 3.63) is 0 Å². The lowest BCUT2D eigenvalue weighted by Gasteiger charge is -2.02. The van der Waals surface area contributed by atoms with Crippen LogP contribution in [0.5, 0.6) is 0 Å². The molecule has 0 aliphatic heterocycles. The number of hydrogen-bond donors (Lipinski definition) is 0. The van der Waals surface area contributed by atoms with Gasteiger partial charge in [-0.15, -0.1) is 0 Å². The molecule has 0 aliphatic rings. The van der Waals surface area contributed by atoms with E-state index in [1.807, 2.05) is 0 Å². The zero-order chi connectivity index (χ0) is 10.6. The SMILES string of the molecule is COCCCCCCCCOC(C)=O. The number of ether oxygens (including phenoxy) is 2. The number of unbranched alkanes of at least 4 members (excludes halogenated alkanes) is 5. The Labute approximate surface area is 86.8 Å². The van der Waals surface area contributed by atoms with Crippen LogP contribution in [0.15, 0.2) is 0 Å². The van der Waals surface area contributed by atoms with Crippen LogP contribution in [0.2, 0.25) is 0 Å². The van der Waals surface area contributed by atoms with Crippen molar-refractivity contribution in [1.82, 2.24) is 0 Å². The maximum atomic E-state index is 10.4. The molecule has 0 atom stereocenters. The van der Waals surface area contributed by atoms with E-state index in [0.717, 1.165) is 25.9 Å². The van der Waals surface area contributed by atoms with E-state index in [4.69, 9.17) is 9.47 Å². The minimum absolute atomic E-state index is 0.176. The van der Waals surface area contributed by atoms with Crippen LogP contribution in [0.3, 0.4) is 0 Å². The first-order valence-corrected chi connectivity index (χ1v) is 5.39. The van der Waals surface area contributed by atoms with Crippen molar-refractivity contribution >= 4 is 5.97 Å². The molecular formula is C11H22O3. The number of carbonyl (C=O) groups excluding carboxylic acids is 1. The van der Waals surface area contributed by atoms with Crippen molar-refractivity contribution in [3.8, 4) is 0 Å². The third-order valence-corrected chi connectivity index (χ3v) is 2.05. The van der Waals surface area contributed by atoms with Gasteiger partial charge in [0.1, 0.15) is 0 Å². The van der Waals surface area contributed by atoms with Gasteiger partial charge >= 0.3 is 5.97 Å². The standard InChI is InChI=1S/C11H22O3/c1-11(12)14-10-8-6-4-3-5-7-9-13-2/h3-10H2,1-2H3. The predicted molar refractivity (Wildman–Crippen MR) is 56.2 cm³/mol. The molecule has 0 radical (unpaired) electrons. The molecule has 0 aromatic heterocycles. The highest BCUT2D eigenvalue weighted by atomic mass is 16.5. The molecule has 0 rings (SSSR count). The molecule has 0 N–H and O–H groups in total. The predicted octanol–water partition coefficient (Wildman–Crippen LogP) is 2.54. The minimum atomic E-state index is -0.176. The van der Waals surface area contributed by atoms with Crippen LogP contribution in [0.25, 0.3) is 0 Å². The molecule has 14 heavy (non-hydrogen) atoms. The summed E-state index contributed by atoms with van der Waals surface area (Å²) in [5.74, 6) is -0.176. The zero-order valence-electron chi connectivity index (χ0n) is 9.38. The fraction of sp³-hybridized carbons (Fsp3) is 0.909. The van der Waals surface area contributed by atoms with Crippen LogP contribution in [-0.2, 0) is 14.3 Å². The van der Waals surface area contributed by atoms with Crippen LogP contribution in [-0.4, -0.2) is 26.3 Å². The Bertz CT molecular complexity index is 134. The van der Waals surface area contributed by atoms with Crippen molar-refractivity contribution < 1.29 is 14.3 Å². The maximum absolute atomic E-state index is 10.4. The molecular weight excluding hydrogens is 180 g/mol. The van der Waals surface area contributed by atoms with Gasteiger partial charge in [-0.25, -0.2) is 0 Å². The van der Waals surface area contributed by atoms with Crippen LogP contribution in [0.4, 0.5) is 0 Å². The van der Waals surface area contributed by atoms with E-state index in [1.165, 1.54) is 26.2 Å². The van der Waals surface area contributed by atoms with Crippen molar-refractivity contribution in [2.75, 3.05) is 20.3 Å². The summed E-state index contributed by atoms with van der Waals surface area (Å²) in [6.45, 7) is 2.89. The summed E-state index contributed by atoms with van der Waals surface area (Å²) in [6.07, 6.45) is 7.01. The Morgan fingerprint density at radius 2 is 1.43 bits per heavy atom. The molecule has 3 nitrogen and oxygen atoms in total. The van der Waals surface area contributed by atoms with E-state index in [1.54, 1.807) is 7.11 Å². The molecule has 0 fully saturated rings. The topological polar surface area (TPSA) is 35.5 Å². The van der Waals surface area contributed by atoms with Crippen molar-refractivity contribution in [2.45, 2.75) is 45.4 Å². The lowest BCUT2D eigenvalue weighted by atomic mass is 10.1. The van der Waals surface area contributed by atoms with E-state index in [0.29, 0.717) is 6.61 Å². The molecule has 3 heteroatoms. The largest absolute Gasteiger partial charge is 0.466 e. The second-order valence-corrected chi connectivity index (χ2v) is 3.45. The highest BCUT2D eigenvalue weighted by Gasteiger charge is 1.93. The summed E-state index contributed by atoms with van der Waals surface area (Å²) in [7, 11) is 1.74. The fourth-order valence-corrected chi connectivity index (χ4v) is 1.27. The van der Waals surface area contributed by atoms with Gasteiger partial charge in [-0.2, -0.15) is 0 Å². The highest BCUT2D eigenvalue weighted by Crippen LogP contribution is 2.05. The lowest BCUT2D eigenvalue weighted by molar-refractivity contribution is -0.141. The minimum Gasteiger partial charge on any atom is -0.466 e. The third-order valence-electron chi connectivity index (χ3n) is 2.05. The summed E-state index contributed by atoms with van der Waals surface area (Å²) in [5.41, 5.74) is 0. The van der Waals surface area contributed by atoms with Crippen LogP contribution in [0.1, 0.15) is 45.4 Å². The lowest BCUT2D eigenvalue weighted by Crippen LogP contribution is -2.00. The van der Waals surface area contributed by atoms with Gasteiger partial charge in [0.2, 0.25) is 0 Å². The van der Waals surface area contributed by atoms with Crippen molar-refractivity contribution in [1.29, 1.82) is 0 Å². The molecule has 0 aromatic carbocycles. The van der Waals surface area contributed by atoms with Gasteiger partial charge in [0.05, 0.1) is 6.61 Å². The van der Waals surface area contributed by atoms with Gasteiger partial charge in [0.15, 0.2) is 0 Å². The van der Waals surface area contributed by atoms with Crippen LogP contribution in [0, 0.1) is 0 Å². The van der Waals surface area contributed by atoms with Gasteiger partial charge in [0, 0.05) is 20.6 Å². The summed E-state index contributed by atoms with van der Waals surface area (Å²) in [5, 5.41) is 0. The summed E-state index contributed by atoms with van der Waals surface area (Å²) < 4.78 is 9.78. The van der Waals surface area contributed by atoms with Gasteiger partial charge in [-0.1, -0.05) is 25.7 Å². The smallest absolute Gasteiger partial charge is 0.302 e. The van der Waals surface area contributed by atoms with E-state index in [2.05, 4.69) is 0 Å². The summed E-state index contributed by atoms with van der Waals surface area (Å²) in [4.78, 5) is 10.4. The summed E-state index contributed by atoms with van der Waals surface area (Å²) in [6, 6.07) is 0. The van der Waals surface area contributed by atoms with E-state index >= 15 is 0 Å². The second-order valence-electron chi connectivity index (χ2n) is 3.45. The number of carbonyl (C=O) groups is 1. The number of rotatable bonds is 9. The third kappa shape index (κ3) is 11.4. The van der Waals surface area contributed by atoms with Crippen LogP contribution < -0.4 is 0 Å². The molecule has 0 aromatic rings. The Hall–Kier alpha value is -0.570. The molecule has 0 spiro atoms. The average Bonchev–Trinajstić information content (AvgIpc) is 2.15. The van der Waals surface area contributed by atoms with E-state index in [9.17, 15) is 4.79 Å². The average molecular weight is 202 g/mol. The Morgan fingerprint density at radius 3 is 1.93 bits per heavy atom. The van der Waals surface area contributed by atoms with Crippen LogP contribution >= 0.6 is 0 Å². The van der Waals surface area contributed by atoms with Crippen molar-refractivity contribution in [2.24, 2.45) is 0 Å². The number of hydrogen-bond acceptors (Lipinski definition) is 3. The van der Waals surface area contributed by atoms with Gasteiger partial charge in [-0.05, 0) is 12.8 Å². The molecule has 0 heterocycles. The van der Waals surface area contributed by atoms with Crippen molar-refractivity contribution in [3.63, 3.8) is 0 Å². The molecule has 0 unspecified atom stereocenters. The molecule has 0 saturated carbocycles.